The molecule has 0 aliphatic rings. The van der Waals surface area contributed by atoms with Gasteiger partial charge in [-0.2, -0.15) is 0 Å². The third-order valence-electron chi connectivity index (χ3n) is 3.39. The number of carbonyl (C=O) groups is 1. The molecule has 5 nitrogen and oxygen atoms in total. The summed E-state index contributed by atoms with van der Waals surface area (Å²) in [5, 5.41) is 1.58. The summed E-state index contributed by atoms with van der Waals surface area (Å²) in [6.45, 7) is 1.60. The van der Waals surface area contributed by atoms with Crippen molar-refractivity contribution in [3.8, 4) is 17.2 Å². The van der Waals surface area contributed by atoms with Gasteiger partial charge in [0.15, 0.2) is 6.10 Å². The van der Waals surface area contributed by atoms with Gasteiger partial charge in [-0.25, -0.2) is 0 Å². The molecular weight excluding hydrogens is 328 g/mol. The highest BCUT2D eigenvalue weighted by molar-refractivity contribution is 6.31. The standard InChI is InChI=1S/C18H15ClN2O3/c1-11(18(20)22)23-14-4-6-15(7-5-14)24-16-8-12-2-3-13(19)9-17(12)21-10-16/h2-11H,1H3,(H2,20,22). The number of carbonyl (C=O) groups excluding carboxylic acids is 1. The molecule has 2 aromatic carbocycles. The van der Waals surface area contributed by atoms with Gasteiger partial charge < -0.3 is 15.2 Å². The number of rotatable bonds is 5. The van der Waals surface area contributed by atoms with Crippen LogP contribution in [-0.4, -0.2) is 17.0 Å². The van der Waals surface area contributed by atoms with Crippen LogP contribution >= 0.6 is 11.6 Å². The van der Waals surface area contributed by atoms with Crippen LogP contribution in [0, 0.1) is 0 Å². The monoisotopic (exact) mass is 342 g/mol. The molecule has 1 amide bonds. The highest BCUT2D eigenvalue weighted by Gasteiger charge is 2.10. The van der Waals surface area contributed by atoms with Gasteiger partial charge in [-0.3, -0.25) is 9.78 Å². The van der Waals surface area contributed by atoms with Crippen molar-refractivity contribution in [1.29, 1.82) is 0 Å². The van der Waals surface area contributed by atoms with E-state index in [4.69, 9.17) is 26.8 Å². The third kappa shape index (κ3) is 3.75. The topological polar surface area (TPSA) is 74.4 Å². The highest BCUT2D eigenvalue weighted by atomic mass is 35.5. The Kier molecular flexibility index (Phi) is 4.53. The maximum Gasteiger partial charge on any atom is 0.258 e. The fourth-order valence-electron chi connectivity index (χ4n) is 2.11. The van der Waals surface area contributed by atoms with Gasteiger partial charge in [0.1, 0.15) is 17.2 Å². The summed E-state index contributed by atoms with van der Waals surface area (Å²) >= 11 is 5.95. The first kappa shape index (κ1) is 16.1. The quantitative estimate of drug-likeness (QED) is 0.762. The van der Waals surface area contributed by atoms with Crippen LogP contribution in [0.3, 0.4) is 0 Å². The lowest BCUT2D eigenvalue weighted by atomic mass is 10.2. The molecule has 0 spiro atoms. The summed E-state index contributed by atoms with van der Waals surface area (Å²) in [5.41, 5.74) is 5.97. The molecule has 0 saturated heterocycles. The van der Waals surface area contributed by atoms with Crippen molar-refractivity contribution in [2.75, 3.05) is 0 Å². The molecule has 1 atom stereocenters. The first-order valence-electron chi connectivity index (χ1n) is 7.30. The summed E-state index contributed by atoms with van der Waals surface area (Å²) in [6.07, 6.45) is 0.950. The van der Waals surface area contributed by atoms with Crippen LogP contribution < -0.4 is 15.2 Å². The molecule has 0 radical (unpaired) electrons. The molecule has 1 heterocycles. The number of nitrogens with two attached hydrogens (primary N) is 1. The molecule has 0 bridgehead atoms. The third-order valence-corrected chi connectivity index (χ3v) is 3.63. The Balaban J connectivity index is 1.74. The zero-order valence-corrected chi connectivity index (χ0v) is 13.7. The van der Waals surface area contributed by atoms with Crippen molar-refractivity contribution in [2.45, 2.75) is 13.0 Å². The molecular formula is C18H15ClN2O3. The number of benzene rings is 2. The molecule has 1 unspecified atom stereocenters. The smallest absolute Gasteiger partial charge is 0.258 e. The second-order valence-corrected chi connectivity index (χ2v) is 5.68. The number of amides is 1. The predicted octanol–water partition coefficient (Wildman–Crippen LogP) is 3.93. The van der Waals surface area contributed by atoms with Gasteiger partial charge in [-0.15, -0.1) is 0 Å². The number of nitrogens with zero attached hydrogens (tertiary/aromatic N) is 1. The number of hydrogen-bond acceptors (Lipinski definition) is 4. The largest absolute Gasteiger partial charge is 0.481 e. The van der Waals surface area contributed by atoms with E-state index in [0.717, 1.165) is 10.9 Å². The van der Waals surface area contributed by atoms with Crippen molar-refractivity contribution in [2.24, 2.45) is 5.73 Å². The van der Waals surface area contributed by atoms with E-state index >= 15 is 0 Å². The number of aromatic nitrogens is 1. The first-order valence-corrected chi connectivity index (χ1v) is 7.68. The summed E-state index contributed by atoms with van der Waals surface area (Å²) in [5.74, 6) is 1.27. The zero-order chi connectivity index (χ0) is 17.1. The molecule has 1 aromatic heterocycles. The molecule has 0 saturated carbocycles. The number of hydrogen-bond donors (Lipinski definition) is 1. The Morgan fingerprint density at radius 1 is 1.08 bits per heavy atom. The molecule has 0 aliphatic heterocycles. The van der Waals surface area contributed by atoms with E-state index < -0.39 is 12.0 Å². The van der Waals surface area contributed by atoms with E-state index in [1.807, 2.05) is 12.1 Å². The van der Waals surface area contributed by atoms with Crippen molar-refractivity contribution in [3.63, 3.8) is 0 Å². The Hall–Kier alpha value is -2.79. The zero-order valence-electron chi connectivity index (χ0n) is 12.9. The molecule has 6 heteroatoms. The maximum atomic E-state index is 11.0. The van der Waals surface area contributed by atoms with Gasteiger partial charge in [0.25, 0.3) is 5.91 Å². The number of primary amides is 1. The molecule has 0 aliphatic carbocycles. The normalized spacial score (nSPS) is 11.9. The van der Waals surface area contributed by atoms with Gasteiger partial charge in [0, 0.05) is 10.4 Å². The molecule has 3 rings (SSSR count). The molecule has 122 valence electrons. The fraction of sp³-hybridized carbons (Fsp3) is 0.111. The number of ether oxygens (including phenoxy) is 2. The van der Waals surface area contributed by atoms with Crippen molar-refractivity contribution >= 4 is 28.4 Å². The Morgan fingerprint density at radius 3 is 2.50 bits per heavy atom. The first-order chi connectivity index (χ1) is 11.5. The Bertz CT molecular complexity index is 881. The second kappa shape index (κ2) is 6.76. The van der Waals surface area contributed by atoms with Gasteiger partial charge in [-0.05, 0) is 49.4 Å². The van der Waals surface area contributed by atoms with Crippen LogP contribution in [0.5, 0.6) is 17.2 Å². The van der Waals surface area contributed by atoms with Gasteiger partial charge >= 0.3 is 0 Å². The summed E-state index contributed by atoms with van der Waals surface area (Å²) < 4.78 is 11.2. The van der Waals surface area contributed by atoms with E-state index in [2.05, 4.69) is 4.98 Å². The number of pyridine rings is 1. The van der Waals surface area contributed by atoms with Crippen LogP contribution in [0.15, 0.2) is 54.7 Å². The van der Waals surface area contributed by atoms with E-state index in [0.29, 0.717) is 22.3 Å². The van der Waals surface area contributed by atoms with Gasteiger partial charge in [0.2, 0.25) is 0 Å². The summed E-state index contributed by atoms with van der Waals surface area (Å²) in [7, 11) is 0. The van der Waals surface area contributed by atoms with Crippen LogP contribution in [-0.2, 0) is 4.79 Å². The van der Waals surface area contributed by atoms with Crippen LogP contribution in [0.25, 0.3) is 10.9 Å². The van der Waals surface area contributed by atoms with Crippen LogP contribution in [0.4, 0.5) is 0 Å². The minimum atomic E-state index is -0.687. The second-order valence-electron chi connectivity index (χ2n) is 5.24. The molecule has 24 heavy (non-hydrogen) atoms. The average molecular weight is 343 g/mol. The molecule has 3 aromatic rings. The molecule has 2 N–H and O–H groups in total. The van der Waals surface area contributed by atoms with E-state index in [1.54, 1.807) is 49.5 Å². The Morgan fingerprint density at radius 2 is 1.79 bits per heavy atom. The lowest BCUT2D eigenvalue weighted by Gasteiger charge is -2.12. The van der Waals surface area contributed by atoms with Gasteiger partial charge in [0.05, 0.1) is 11.7 Å². The lowest BCUT2D eigenvalue weighted by molar-refractivity contribution is -0.123. The van der Waals surface area contributed by atoms with E-state index in [9.17, 15) is 4.79 Å². The van der Waals surface area contributed by atoms with Crippen molar-refractivity contribution in [3.05, 3.63) is 59.8 Å². The van der Waals surface area contributed by atoms with Crippen LogP contribution in [0.1, 0.15) is 6.92 Å². The van der Waals surface area contributed by atoms with Crippen LogP contribution in [0.2, 0.25) is 5.02 Å². The fourth-order valence-corrected chi connectivity index (χ4v) is 2.28. The maximum absolute atomic E-state index is 11.0. The average Bonchev–Trinajstić information content (AvgIpc) is 2.56. The minimum Gasteiger partial charge on any atom is -0.481 e. The minimum absolute atomic E-state index is 0.516. The predicted molar refractivity (Wildman–Crippen MR) is 92.6 cm³/mol. The summed E-state index contributed by atoms with van der Waals surface area (Å²) in [4.78, 5) is 15.3. The van der Waals surface area contributed by atoms with Crippen molar-refractivity contribution < 1.29 is 14.3 Å². The highest BCUT2D eigenvalue weighted by Crippen LogP contribution is 2.27. The number of halogens is 1. The Labute approximate surface area is 144 Å². The SMILES string of the molecule is CC(Oc1ccc(Oc2cnc3cc(Cl)ccc3c2)cc1)C(N)=O. The van der Waals surface area contributed by atoms with Crippen molar-refractivity contribution in [1.82, 2.24) is 4.98 Å². The molecule has 0 fully saturated rings. The lowest BCUT2D eigenvalue weighted by Crippen LogP contribution is -2.30. The van der Waals surface area contributed by atoms with E-state index in [-0.39, 0.29) is 0 Å². The summed E-state index contributed by atoms with van der Waals surface area (Å²) in [6, 6.07) is 14.3. The van der Waals surface area contributed by atoms with E-state index in [1.165, 1.54) is 0 Å². The van der Waals surface area contributed by atoms with Gasteiger partial charge in [-0.1, -0.05) is 17.7 Å². The number of fused-ring (bicyclic) bond motifs is 1.